The molecule has 0 spiro atoms. The lowest BCUT2D eigenvalue weighted by Gasteiger charge is -2.09. The number of sulfonamides is 1. The van der Waals surface area contributed by atoms with Crippen LogP contribution in [0.5, 0.6) is 0 Å². The van der Waals surface area contributed by atoms with Gasteiger partial charge < -0.3 is 5.73 Å². The molecule has 0 aliphatic carbocycles. The van der Waals surface area contributed by atoms with E-state index in [1.807, 2.05) is 0 Å². The number of hydrogen-bond acceptors (Lipinski definition) is 3. The Bertz CT molecular complexity index is 660. The second-order valence-corrected chi connectivity index (χ2v) is 5.68. The van der Waals surface area contributed by atoms with E-state index in [0.29, 0.717) is 6.07 Å². The molecular weight excluding hydrogens is 312 g/mol. The van der Waals surface area contributed by atoms with Gasteiger partial charge in [-0.25, -0.2) is 17.5 Å². The Balaban J connectivity index is 2.87. The second kappa shape index (κ2) is 6.89. The smallest absolute Gasteiger partial charge is 0.320 e. The normalized spacial score (nSPS) is 11.9. The minimum atomic E-state index is -4.48. The fourth-order valence-electron chi connectivity index (χ4n) is 1.32. The summed E-state index contributed by atoms with van der Waals surface area (Å²) >= 11 is 0. The van der Waals surface area contributed by atoms with Crippen LogP contribution >= 0.6 is 0 Å². The zero-order valence-electron chi connectivity index (χ0n) is 10.7. The van der Waals surface area contributed by atoms with E-state index >= 15 is 0 Å². The average Bonchev–Trinajstić information content (AvgIpc) is 2.35. The Kier molecular flexibility index (Phi) is 5.71. The maximum Gasteiger partial charge on any atom is 0.390 e. The molecule has 4 nitrogen and oxygen atoms in total. The van der Waals surface area contributed by atoms with Gasteiger partial charge in [0.2, 0.25) is 10.0 Å². The van der Waals surface area contributed by atoms with Crippen molar-refractivity contribution >= 4 is 10.0 Å². The number of alkyl halides is 3. The third kappa shape index (κ3) is 5.71. The predicted octanol–water partition coefficient (Wildman–Crippen LogP) is 1.37. The number of rotatable bonds is 4. The van der Waals surface area contributed by atoms with Crippen LogP contribution in [0.2, 0.25) is 0 Å². The van der Waals surface area contributed by atoms with E-state index < -0.39 is 39.9 Å². The van der Waals surface area contributed by atoms with Crippen LogP contribution in [0, 0.1) is 17.7 Å². The third-order valence-electron chi connectivity index (χ3n) is 2.28. The van der Waals surface area contributed by atoms with Crippen molar-refractivity contribution in [1.82, 2.24) is 4.72 Å². The van der Waals surface area contributed by atoms with Crippen molar-refractivity contribution in [3.05, 3.63) is 29.6 Å². The van der Waals surface area contributed by atoms with Gasteiger partial charge in [0.1, 0.15) is 5.82 Å². The quantitative estimate of drug-likeness (QED) is 0.649. The van der Waals surface area contributed by atoms with Gasteiger partial charge in [-0.2, -0.15) is 13.2 Å². The zero-order valence-corrected chi connectivity index (χ0v) is 11.5. The molecule has 1 aromatic rings. The van der Waals surface area contributed by atoms with Crippen LogP contribution in [0.1, 0.15) is 12.0 Å². The number of nitrogens with one attached hydrogen (secondary N) is 1. The van der Waals surface area contributed by atoms with Gasteiger partial charge in [0.05, 0.1) is 23.4 Å². The summed E-state index contributed by atoms with van der Waals surface area (Å²) in [7, 11) is -4.21. The Morgan fingerprint density at radius 2 is 1.95 bits per heavy atom. The molecule has 0 aromatic heterocycles. The van der Waals surface area contributed by atoms with Crippen molar-refractivity contribution < 1.29 is 26.0 Å². The van der Waals surface area contributed by atoms with E-state index in [4.69, 9.17) is 5.73 Å². The summed E-state index contributed by atoms with van der Waals surface area (Å²) in [5.41, 5.74) is 5.08. The van der Waals surface area contributed by atoms with Crippen LogP contribution in [0.4, 0.5) is 17.6 Å². The SMILES string of the molecule is NCC#Cc1ccc(S(=O)(=O)NCCC(F)(F)F)cc1F. The van der Waals surface area contributed by atoms with Crippen molar-refractivity contribution in [2.75, 3.05) is 13.1 Å². The molecule has 1 rings (SSSR count). The number of nitrogens with two attached hydrogens (primary N) is 1. The monoisotopic (exact) mass is 324 g/mol. The van der Waals surface area contributed by atoms with Crippen LogP contribution < -0.4 is 10.5 Å². The first-order valence-electron chi connectivity index (χ1n) is 5.70. The highest BCUT2D eigenvalue weighted by atomic mass is 32.2. The highest BCUT2D eigenvalue weighted by Crippen LogP contribution is 2.19. The lowest BCUT2D eigenvalue weighted by atomic mass is 10.2. The molecule has 116 valence electrons. The van der Waals surface area contributed by atoms with Crippen LogP contribution in [0.3, 0.4) is 0 Å². The van der Waals surface area contributed by atoms with E-state index in [9.17, 15) is 26.0 Å². The molecule has 0 heterocycles. The molecule has 0 radical (unpaired) electrons. The van der Waals surface area contributed by atoms with Crippen LogP contribution in [0.25, 0.3) is 0 Å². The molecule has 21 heavy (non-hydrogen) atoms. The molecule has 0 aliphatic rings. The van der Waals surface area contributed by atoms with Gasteiger partial charge in [-0.1, -0.05) is 11.8 Å². The van der Waals surface area contributed by atoms with Gasteiger partial charge >= 0.3 is 6.18 Å². The maximum atomic E-state index is 13.6. The van der Waals surface area contributed by atoms with Gasteiger partial charge in [0.25, 0.3) is 0 Å². The summed E-state index contributed by atoms with van der Waals surface area (Å²) in [4.78, 5) is -0.472. The second-order valence-electron chi connectivity index (χ2n) is 3.91. The molecule has 9 heteroatoms. The van der Waals surface area contributed by atoms with E-state index in [1.165, 1.54) is 0 Å². The van der Waals surface area contributed by atoms with Crippen molar-refractivity contribution in [3.8, 4) is 11.8 Å². The zero-order chi connectivity index (χ0) is 16.1. The third-order valence-corrected chi connectivity index (χ3v) is 3.74. The minimum absolute atomic E-state index is 0.0124. The van der Waals surface area contributed by atoms with Crippen molar-refractivity contribution in [3.63, 3.8) is 0 Å². The Hall–Kier alpha value is -1.63. The van der Waals surface area contributed by atoms with E-state index in [2.05, 4.69) is 11.8 Å². The summed E-state index contributed by atoms with van der Waals surface area (Å²) in [5.74, 6) is 3.91. The molecule has 1 aromatic carbocycles. The summed E-state index contributed by atoms with van der Waals surface area (Å²) in [6, 6.07) is 2.87. The van der Waals surface area contributed by atoms with Gasteiger partial charge in [-0.05, 0) is 18.2 Å². The first kappa shape index (κ1) is 17.4. The van der Waals surface area contributed by atoms with E-state index in [0.717, 1.165) is 12.1 Å². The first-order chi connectivity index (χ1) is 9.65. The summed E-state index contributed by atoms with van der Waals surface area (Å²) in [6.07, 6.45) is -5.79. The molecule has 0 atom stereocenters. The maximum absolute atomic E-state index is 13.6. The standard InChI is InChI=1S/C12H12F4N2O2S/c13-11-8-10(4-3-9(11)2-1-6-17)21(19,20)18-7-5-12(14,15)16/h3-4,8,18H,5-7,17H2. The predicted molar refractivity (Wildman–Crippen MR) is 68.2 cm³/mol. The molecule has 0 saturated carbocycles. The summed E-state index contributed by atoms with van der Waals surface area (Å²) in [6.45, 7) is -0.805. The molecule has 0 amide bonds. The van der Waals surface area contributed by atoms with Gasteiger partial charge in [0, 0.05) is 6.54 Å². The molecule has 0 saturated heterocycles. The highest BCUT2D eigenvalue weighted by molar-refractivity contribution is 7.89. The lowest BCUT2D eigenvalue weighted by Crippen LogP contribution is -2.28. The van der Waals surface area contributed by atoms with Crippen molar-refractivity contribution in [2.24, 2.45) is 5.73 Å². The van der Waals surface area contributed by atoms with Gasteiger partial charge in [0.15, 0.2) is 0 Å². The molecule has 3 N–H and O–H groups in total. The minimum Gasteiger partial charge on any atom is -0.320 e. The van der Waals surface area contributed by atoms with Crippen LogP contribution in [0.15, 0.2) is 23.1 Å². The summed E-state index contributed by atoms with van der Waals surface area (Å²) in [5, 5.41) is 0. The molecule has 0 unspecified atom stereocenters. The van der Waals surface area contributed by atoms with E-state index in [1.54, 1.807) is 4.72 Å². The van der Waals surface area contributed by atoms with Gasteiger partial charge in [-0.3, -0.25) is 0 Å². The van der Waals surface area contributed by atoms with Crippen LogP contribution in [-0.2, 0) is 10.0 Å². The fraction of sp³-hybridized carbons (Fsp3) is 0.333. The first-order valence-corrected chi connectivity index (χ1v) is 7.19. The highest BCUT2D eigenvalue weighted by Gasteiger charge is 2.27. The van der Waals surface area contributed by atoms with E-state index in [-0.39, 0.29) is 12.1 Å². The lowest BCUT2D eigenvalue weighted by molar-refractivity contribution is -0.132. The number of halogens is 4. The summed E-state index contributed by atoms with van der Waals surface area (Å²) < 4.78 is 74.6. The van der Waals surface area contributed by atoms with Crippen LogP contribution in [-0.4, -0.2) is 27.7 Å². The van der Waals surface area contributed by atoms with Crippen molar-refractivity contribution in [1.29, 1.82) is 0 Å². The molecule has 0 bridgehead atoms. The largest absolute Gasteiger partial charge is 0.390 e. The molecule has 0 fully saturated rings. The van der Waals surface area contributed by atoms with Gasteiger partial charge in [-0.15, -0.1) is 0 Å². The Labute approximate surface area is 119 Å². The Morgan fingerprint density at radius 3 is 2.48 bits per heavy atom. The number of hydrogen-bond donors (Lipinski definition) is 2. The number of benzene rings is 1. The Morgan fingerprint density at radius 1 is 1.29 bits per heavy atom. The van der Waals surface area contributed by atoms with Crippen molar-refractivity contribution in [2.45, 2.75) is 17.5 Å². The topological polar surface area (TPSA) is 72.2 Å². The molecular formula is C12H12F4N2O2S. The fourth-order valence-corrected chi connectivity index (χ4v) is 2.36. The molecule has 0 aliphatic heterocycles. The average molecular weight is 324 g/mol.